The number of thiophene rings is 1. The van der Waals surface area contributed by atoms with Gasteiger partial charge in [0.2, 0.25) is 0 Å². The number of hydrogen-bond acceptors (Lipinski definition) is 6. The maximum Gasteiger partial charge on any atom is 0.341 e. The van der Waals surface area contributed by atoms with Gasteiger partial charge in [-0.3, -0.25) is 4.79 Å². The maximum atomic E-state index is 12.3. The van der Waals surface area contributed by atoms with Gasteiger partial charge in [-0.1, -0.05) is 41.9 Å². The summed E-state index contributed by atoms with van der Waals surface area (Å²) in [6.45, 7) is -0.230. The van der Waals surface area contributed by atoms with Crippen LogP contribution in [0.4, 0.5) is 5.00 Å². The fourth-order valence-electron chi connectivity index (χ4n) is 3.04. The molecule has 6 nitrogen and oxygen atoms in total. The third-order valence-electron chi connectivity index (χ3n) is 4.34. The average Bonchev–Trinajstić information content (AvgIpc) is 2.86. The van der Waals surface area contributed by atoms with Gasteiger partial charge in [-0.15, -0.1) is 11.3 Å². The Balaban J connectivity index is 1.65. The predicted molar refractivity (Wildman–Crippen MR) is 106 cm³/mol. The number of carbonyl (C=O) groups excluding carboxylic acids is 2. The molecule has 0 saturated carbocycles. The number of rotatable bonds is 6. The van der Waals surface area contributed by atoms with E-state index in [0.717, 1.165) is 48.1 Å². The third kappa shape index (κ3) is 4.95. The number of nitrogens with zero attached hydrogens (tertiary/aromatic N) is 1. The Morgan fingerprint density at radius 1 is 1.19 bits per heavy atom. The molecule has 1 heterocycles. The molecule has 2 aromatic rings. The summed E-state index contributed by atoms with van der Waals surface area (Å²) in [4.78, 5) is 30.7. The van der Waals surface area contributed by atoms with Gasteiger partial charge in [0.1, 0.15) is 5.00 Å². The summed E-state index contributed by atoms with van der Waals surface area (Å²) in [6, 6.07) is 9.46. The van der Waals surface area contributed by atoms with Crippen LogP contribution < -0.4 is 5.32 Å². The summed E-state index contributed by atoms with van der Waals surface area (Å²) >= 11 is 1.46. The number of fused-ring (bicyclic) bond motifs is 1. The molecule has 142 valence electrons. The summed E-state index contributed by atoms with van der Waals surface area (Å²) < 4.78 is 4.93. The Morgan fingerprint density at radius 3 is 2.74 bits per heavy atom. The van der Waals surface area contributed by atoms with Crippen LogP contribution in [0.3, 0.4) is 0 Å². The highest BCUT2D eigenvalue weighted by Crippen LogP contribution is 2.37. The molecule has 1 aromatic carbocycles. The molecule has 0 atom stereocenters. The number of benzene rings is 1. The van der Waals surface area contributed by atoms with Crippen LogP contribution in [0.15, 0.2) is 35.5 Å². The van der Waals surface area contributed by atoms with E-state index in [9.17, 15) is 9.59 Å². The van der Waals surface area contributed by atoms with E-state index >= 15 is 0 Å². The average molecular weight is 386 g/mol. The van der Waals surface area contributed by atoms with Crippen LogP contribution in [0, 0.1) is 0 Å². The number of esters is 1. The van der Waals surface area contributed by atoms with E-state index < -0.39 is 5.97 Å². The van der Waals surface area contributed by atoms with Crippen molar-refractivity contribution in [2.24, 2.45) is 5.16 Å². The molecule has 0 saturated heterocycles. The molecule has 0 aliphatic heterocycles. The minimum atomic E-state index is -0.410. The lowest BCUT2D eigenvalue weighted by Gasteiger charge is -2.07. The molecule has 27 heavy (non-hydrogen) atoms. The van der Waals surface area contributed by atoms with Crippen LogP contribution in [0.25, 0.3) is 0 Å². The van der Waals surface area contributed by atoms with Crippen LogP contribution in [-0.4, -0.2) is 31.8 Å². The van der Waals surface area contributed by atoms with Crippen LogP contribution in [0.5, 0.6) is 0 Å². The predicted octanol–water partition coefficient (Wildman–Crippen LogP) is 3.79. The van der Waals surface area contributed by atoms with E-state index in [-0.39, 0.29) is 12.5 Å². The van der Waals surface area contributed by atoms with Gasteiger partial charge in [-0.2, -0.15) is 0 Å². The van der Waals surface area contributed by atoms with Crippen molar-refractivity contribution in [3.05, 3.63) is 51.9 Å². The van der Waals surface area contributed by atoms with Crippen molar-refractivity contribution >= 4 is 34.4 Å². The van der Waals surface area contributed by atoms with Crippen LogP contribution in [0.2, 0.25) is 0 Å². The molecule has 0 unspecified atom stereocenters. The van der Waals surface area contributed by atoms with Crippen LogP contribution in [-0.2, 0) is 27.2 Å². The molecule has 1 aromatic heterocycles. The first-order chi connectivity index (χ1) is 13.2. The first-order valence-electron chi connectivity index (χ1n) is 8.92. The second kappa shape index (κ2) is 9.32. The Hall–Kier alpha value is -2.67. The number of aryl methyl sites for hydroxylation is 1. The number of oxime groups is 1. The van der Waals surface area contributed by atoms with Crippen LogP contribution >= 0.6 is 11.3 Å². The summed E-state index contributed by atoms with van der Waals surface area (Å²) in [5.74, 6) is -0.769. The summed E-state index contributed by atoms with van der Waals surface area (Å²) in [7, 11) is 1.36. The van der Waals surface area contributed by atoms with E-state index in [4.69, 9.17) is 9.57 Å². The highest BCUT2D eigenvalue weighted by Gasteiger charge is 2.26. The first-order valence-corrected chi connectivity index (χ1v) is 9.73. The molecular formula is C20H22N2O4S. The summed E-state index contributed by atoms with van der Waals surface area (Å²) in [6.07, 6.45) is 6.59. The number of carbonyl (C=O) groups is 2. The molecule has 0 radical (unpaired) electrons. The standard InChI is InChI=1S/C20H22N2O4S/c1-25-20(24)18-15-10-6-3-7-11-16(15)27-19(18)22-17(23)13-26-21-12-14-8-4-2-5-9-14/h2,4-5,8-9,12H,3,6-7,10-11,13H2,1H3,(H,22,23)/b21-12-. The lowest BCUT2D eigenvalue weighted by molar-refractivity contribution is -0.120. The zero-order valence-electron chi connectivity index (χ0n) is 15.2. The van der Waals surface area contributed by atoms with Gasteiger partial charge in [0.15, 0.2) is 6.61 Å². The van der Waals surface area contributed by atoms with Crippen molar-refractivity contribution in [2.75, 3.05) is 19.0 Å². The summed E-state index contributed by atoms with van der Waals surface area (Å²) in [5, 5.41) is 7.12. The lowest BCUT2D eigenvalue weighted by atomic mass is 10.1. The number of anilines is 1. The third-order valence-corrected chi connectivity index (χ3v) is 5.54. The molecule has 1 aliphatic carbocycles. The fourth-order valence-corrected chi connectivity index (χ4v) is 4.34. The minimum absolute atomic E-state index is 0.230. The van der Waals surface area contributed by atoms with Crippen LogP contribution in [0.1, 0.15) is 45.6 Å². The van der Waals surface area contributed by atoms with Gasteiger partial charge < -0.3 is 14.9 Å². The highest BCUT2D eigenvalue weighted by atomic mass is 32.1. The number of methoxy groups -OCH3 is 1. The van der Waals surface area contributed by atoms with Crippen molar-refractivity contribution in [3.63, 3.8) is 0 Å². The topological polar surface area (TPSA) is 77.0 Å². The molecule has 0 fully saturated rings. The Morgan fingerprint density at radius 2 is 1.96 bits per heavy atom. The van der Waals surface area contributed by atoms with E-state index in [0.29, 0.717) is 10.6 Å². The van der Waals surface area contributed by atoms with Crippen molar-refractivity contribution < 1.29 is 19.2 Å². The van der Waals surface area contributed by atoms with Crippen molar-refractivity contribution in [3.8, 4) is 0 Å². The summed E-state index contributed by atoms with van der Waals surface area (Å²) in [5.41, 5.74) is 2.39. The molecule has 1 N–H and O–H groups in total. The Bertz CT molecular complexity index is 830. The molecule has 3 rings (SSSR count). The first kappa shape index (κ1) is 19.1. The van der Waals surface area contributed by atoms with E-state index in [2.05, 4.69) is 10.5 Å². The molecule has 1 amide bonds. The van der Waals surface area contributed by atoms with Crippen molar-refractivity contribution in [2.45, 2.75) is 32.1 Å². The number of hydrogen-bond donors (Lipinski definition) is 1. The number of nitrogens with one attached hydrogen (secondary N) is 1. The van der Waals surface area contributed by atoms with Gasteiger partial charge in [0.25, 0.3) is 5.91 Å². The fraction of sp³-hybridized carbons (Fsp3) is 0.350. The lowest BCUT2D eigenvalue weighted by Crippen LogP contribution is -2.18. The molecule has 0 spiro atoms. The van der Waals surface area contributed by atoms with Gasteiger partial charge >= 0.3 is 5.97 Å². The molecule has 0 bridgehead atoms. The quantitative estimate of drug-likeness (QED) is 0.355. The van der Waals surface area contributed by atoms with Gasteiger partial charge in [0, 0.05) is 4.88 Å². The van der Waals surface area contributed by atoms with Gasteiger partial charge in [-0.05, 0) is 36.8 Å². The minimum Gasteiger partial charge on any atom is -0.465 e. The normalized spacial score (nSPS) is 13.7. The SMILES string of the molecule is COC(=O)c1c(NC(=O)CO/N=C\c2ccccc2)sc2c1CCCCC2. The highest BCUT2D eigenvalue weighted by molar-refractivity contribution is 7.17. The molecule has 1 aliphatic rings. The second-order valence-electron chi connectivity index (χ2n) is 6.23. The smallest absolute Gasteiger partial charge is 0.341 e. The zero-order chi connectivity index (χ0) is 19.1. The Kier molecular flexibility index (Phi) is 6.59. The van der Waals surface area contributed by atoms with E-state index in [1.54, 1.807) is 6.21 Å². The van der Waals surface area contributed by atoms with Crippen molar-refractivity contribution in [1.82, 2.24) is 0 Å². The zero-order valence-corrected chi connectivity index (χ0v) is 16.0. The van der Waals surface area contributed by atoms with E-state index in [1.807, 2.05) is 30.3 Å². The van der Waals surface area contributed by atoms with Gasteiger partial charge in [-0.25, -0.2) is 4.79 Å². The second-order valence-corrected chi connectivity index (χ2v) is 7.33. The number of ether oxygens (including phenoxy) is 1. The Labute approximate surface area is 162 Å². The monoisotopic (exact) mass is 386 g/mol. The molecule has 7 heteroatoms. The molecular weight excluding hydrogens is 364 g/mol. The largest absolute Gasteiger partial charge is 0.465 e. The van der Waals surface area contributed by atoms with E-state index in [1.165, 1.54) is 18.4 Å². The van der Waals surface area contributed by atoms with Crippen molar-refractivity contribution in [1.29, 1.82) is 0 Å². The number of amides is 1. The maximum absolute atomic E-state index is 12.3. The van der Waals surface area contributed by atoms with Gasteiger partial charge in [0.05, 0.1) is 18.9 Å².